The minimum atomic E-state index is 0.258. The molecule has 0 radical (unpaired) electrons. The number of thioether (sulfide) groups is 1. The highest BCUT2D eigenvalue weighted by Crippen LogP contribution is 2.19. The summed E-state index contributed by atoms with van der Waals surface area (Å²) >= 11 is 1.85. The van der Waals surface area contributed by atoms with Crippen LogP contribution in [-0.4, -0.2) is 28.5 Å². The van der Waals surface area contributed by atoms with Gasteiger partial charge in [-0.15, -0.1) is 0 Å². The fourth-order valence-corrected chi connectivity index (χ4v) is 2.31. The highest BCUT2D eigenvalue weighted by molar-refractivity contribution is 7.98. The van der Waals surface area contributed by atoms with Crippen LogP contribution in [0.25, 0.3) is 0 Å². The van der Waals surface area contributed by atoms with Crippen LogP contribution in [0.2, 0.25) is 0 Å². The number of nitrogens with one attached hydrogen (secondary N) is 1. The molecule has 104 valence electrons. The third-order valence-corrected chi connectivity index (χ3v) is 4.08. The van der Waals surface area contributed by atoms with Crippen molar-refractivity contribution in [3.05, 3.63) is 11.7 Å². The van der Waals surface area contributed by atoms with Gasteiger partial charge in [0.1, 0.15) is 0 Å². The van der Waals surface area contributed by atoms with Crippen LogP contribution < -0.4 is 5.32 Å². The summed E-state index contributed by atoms with van der Waals surface area (Å²) in [5, 5.41) is 7.50. The molecule has 0 bridgehead atoms. The normalized spacial score (nSPS) is 14.7. The van der Waals surface area contributed by atoms with Gasteiger partial charge in [0, 0.05) is 6.04 Å². The maximum absolute atomic E-state index is 5.34. The van der Waals surface area contributed by atoms with Crippen LogP contribution in [0.15, 0.2) is 4.52 Å². The average molecular weight is 271 g/mol. The molecule has 0 aliphatic heterocycles. The van der Waals surface area contributed by atoms with E-state index in [4.69, 9.17) is 4.52 Å². The van der Waals surface area contributed by atoms with E-state index in [9.17, 15) is 0 Å². The van der Waals surface area contributed by atoms with Gasteiger partial charge in [0.05, 0.1) is 11.7 Å². The molecule has 0 aliphatic carbocycles. The lowest BCUT2D eigenvalue weighted by molar-refractivity contribution is 0.329. The molecule has 0 saturated carbocycles. The molecule has 0 aromatic carbocycles. The minimum absolute atomic E-state index is 0.258. The maximum Gasteiger partial charge on any atom is 0.231 e. The number of nitrogens with zero attached hydrogens (tertiary/aromatic N) is 2. The Morgan fingerprint density at radius 2 is 2.06 bits per heavy atom. The second-order valence-electron chi connectivity index (χ2n) is 4.63. The summed E-state index contributed by atoms with van der Waals surface area (Å²) in [4.78, 5) is 4.47. The molecule has 2 unspecified atom stereocenters. The Balaban J connectivity index is 2.45. The van der Waals surface area contributed by atoms with E-state index in [0.717, 1.165) is 36.2 Å². The molecule has 5 heteroatoms. The smallest absolute Gasteiger partial charge is 0.231 e. The van der Waals surface area contributed by atoms with Gasteiger partial charge in [0.15, 0.2) is 5.82 Å². The first-order valence-electron chi connectivity index (χ1n) is 6.82. The predicted molar refractivity (Wildman–Crippen MR) is 76.9 cm³/mol. The Labute approximate surface area is 114 Å². The monoisotopic (exact) mass is 271 g/mol. The van der Waals surface area contributed by atoms with E-state index in [2.05, 4.69) is 43.2 Å². The van der Waals surface area contributed by atoms with Crippen LogP contribution in [0.3, 0.4) is 0 Å². The lowest BCUT2D eigenvalue weighted by atomic mass is 10.0. The first-order chi connectivity index (χ1) is 8.69. The topological polar surface area (TPSA) is 51.0 Å². The van der Waals surface area contributed by atoms with Crippen LogP contribution in [0.1, 0.15) is 58.2 Å². The first-order valence-corrected chi connectivity index (χ1v) is 7.98. The highest BCUT2D eigenvalue weighted by atomic mass is 32.2. The van der Waals surface area contributed by atoms with Crippen molar-refractivity contribution in [3.8, 4) is 0 Å². The average Bonchev–Trinajstić information content (AvgIpc) is 2.84. The Morgan fingerprint density at radius 3 is 2.72 bits per heavy atom. The second-order valence-corrected chi connectivity index (χ2v) is 5.74. The zero-order chi connectivity index (χ0) is 13.4. The summed E-state index contributed by atoms with van der Waals surface area (Å²) in [6.07, 6.45) is 2.32. The van der Waals surface area contributed by atoms with E-state index in [1.54, 1.807) is 0 Å². The van der Waals surface area contributed by atoms with Crippen LogP contribution in [0.4, 0.5) is 0 Å². The van der Waals surface area contributed by atoms with Crippen molar-refractivity contribution in [2.45, 2.75) is 58.2 Å². The highest BCUT2D eigenvalue weighted by Gasteiger charge is 2.19. The molecule has 0 saturated heterocycles. The van der Waals surface area contributed by atoms with E-state index in [-0.39, 0.29) is 5.92 Å². The van der Waals surface area contributed by atoms with Gasteiger partial charge in [-0.3, -0.25) is 0 Å². The van der Waals surface area contributed by atoms with E-state index < -0.39 is 0 Å². The fourth-order valence-electron chi connectivity index (χ4n) is 1.58. The summed E-state index contributed by atoms with van der Waals surface area (Å²) in [5.74, 6) is 3.82. The van der Waals surface area contributed by atoms with Crippen LogP contribution in [-0.2, 0) is 5.75 Å². The van der Waals surface area contributed by atoms with Crippen LogP contribution in [0, 0.1) is 0 Å². The van der Waals surface area contributed by atoms with Gasteiger partial charge in [-0.05, 0) is 32.1 Å². The van der Waals surface area contributed by atoms with E-state index in [1.165, 1.54) is 6.42 Å². The van der Waals surface area contributed by atoms with Crippen LogP contribution >= 0.6 is 11.8 Å². The summed E-state index contributed by atoms with van der Waals surface area (Å²) in [7, 11) is 0. The second kappa shape index (κ2) is 8.53. The quantitative estimate of drug-likeness (QED) is 0.699. The molecular weight excluding hydrogens is 246 g/mol. The van der Waals surface area contributed by atoms with Crippen molar-refractivity contribution in [3.63, 3.8) is 0 Å². The largest absolute Gasteiger partial charge is 0.339 e. The van der Waals surface area contributed by atoms with Gasteiger partial charge in [-0.2, -0.15) is 16.7 Å². The molecule has 1 N–H and O–H groups in total. The molecule has 1 aromatic heterocycles. The number of aromatic nitrogens is 2. The fraction of sp³-hybridized carbons (Fsp3) is 0.846. The minimum Gasteiger partial charge on any atom is -0.339 e. The molecule has 18 heavy (non-hydrogen) atoms. The Kier molecular flexibility index (Phi) is 7.35. The Bertz CT molecular complexity index is 330. The number of rotatable bonds is 9. The molecule has 2 atom stereocenters. The molecule has 1 heterocycles. The van der Waals surface area contributed by atoms with Crippen molar-refractivity contribution in [2.75, 3.05) is 12.3 Å². The first kappa shape index (κ1) is 15.5. The van der Waals surface area contributed by atoms with Crippen molar-refractivity contribution in [2.24, 2.45) is 0 Å². The molecule has 0 aliphatic rings. The SMILES string of the molecule is CCCNC(C)C(C)c1nc(CSCCC)no1. The summed E-state index contributed by atoms with van der Waals surface area (Å²) < 4.78 is 5.34. The predicted octanol–water partition coefficient (Wildman–Crippen LogP) is 3.20. The number of hydrogen-bond acceptors (Lipinski definition) is 5. The maximum atomic E-state index is 5.34. The Morgan fingerprint density at radius 1 is 1.28 bits per heavy atom. The summed E-state index contributed by atoms with van der Waals surface area (Å²) in [6.45, 7) is 9.66. The lowest BCUT2D eigenvalue weighted by Gasteiger charge is -2.17. The van der Waals surface area contributed by atoms with Crippen molar-refractivity contribution in [1.82, 2.24) is 15.5 Å². The van der Waals surface area contributed by atoms with Gasteiger partial charge in [0.25, 0.3) is 0 Å². The van der Waals surface area contributed by atoms with Gasteiger partial charge in [-0.1, -0.05) is 25.9 Å². The Hall–Kier alpha value is -0.550. The lowest BCUT2D eigenvalue weighted by Crippen LogP contribution is -2.31. The molecule has 0 spiro atoms. The summed E-state index contributed by atoms with van der Waals surface area (Å²) in [5.41, 5.74) is 0. The van der Waals surface area contributed by atoms with Crippen molar-refractivity contribution >= 4 is 11.8 Å². The zero-order valence-electron chi connectivity index (χ0n) is 11.9. The molecule has 0 amide bonds. The van der Waals surface area contributed by atoms with E-state index in [0.29, 0.717) is 6.04 Å². The van der Waals surface area contributed by atoms with Gasteiger partial charge in [0.2, 0.25) is 5.89 Å². The van der Waals surface area contributed by atoms with Gasteiger partial charge < -0.3 is 9.84 Å². The van der Waals surface area contributed by atoms with Gasteiger partial charge >= 0.3 is 0 Å². The molecule has 1 rings (SSSR count). The van der Waals surface area contributed by atoms with Crippen LogP contribution in [0.5, 0.6) is 0 Å². The van der Waals surface area contributed by atoms with Crippen molar-refractivity contribution < 1.29 is 4.52 Å². The third-order valence-electron chi connectivity index (χ3n) is 2.92. The molecule has 4 nitrogen and oxygen atoms in total. The summed E-state index contributed by atoms with van der Waals surface area (Å²) in [6, 6.07) is 0.363. The van der Waals surface area contributed by atoms with Gasteiger partial charge in [-0.25, -0.2) is 0 Å². The van der Waals surface area contributed by atoms with Crippen molar-refractivity contribution in [1.29, 1.82) is 0 Å². The number of hydrogen-bond donors (Lipinski definition) is 1. The molecular formula is C13H25N3OS. The zero-order valence-corrected chi connectivity index (χ0v) is 12.7. The standard InChI is InChI=1S/C13H25N3OS/c1-5-7-14-11(4)10(3)13-15-12(16-17-13)9-18-8-6-2/h10-11,14H,5-9H2,1-4H3. The van der Waals surface area contributed by atoms with E-state index in [1.807, 2.05) is 11.8 Å². The third kappa shape index (κ3) is 4.98. The molecule has 0 fully saturated rings. The molecule has 1 aromatic rings. The van der Waals surface area contributed by atoms with E-state index >= 15 is 0 Å².